The Morgan fingerprint density at radius 1 is 0.842 bits per heavy atom. The van der Waals surface area contributed by atoms with Gasteiger partial charge in [0.15, 0.2) is 17.1 Å². The first-order chi connectivity index (χ1) is 9.33. The van der Waals surface area contributed by atoms with Crippen LogP contribution < -0.4 is 15.2 Å². The lowest BCUT2D eigenvalue weighted by molar-refractivity contribution is 0.141. The van der Waals surface area contributed by atoms with Gasteiger partial charge in [-0.2, -0.15) is 4.57 Å². The summed E-state index contributed by atoms with van der Waals surface area (Å²) in [5.41, 5.74) is 1.10. The number of hydrogen-bond acceptors (Lipinski definition) is 4. The molecule has 0 spiro atoms. The number of hydrogen-bond donors (Lipinski definition) is 0. The molecule has 93 valence electrons. The molecular formula is C14H8NO4. The van der Waals surface area contributed by atoms with E-state index in [9.17, 15) is 4.79 Å². The topological polar surface area (TPSA) is 53.6 Å². The quantitative estimate of drug-likeness (QED) is 0.669. The first kappa shape index (κ1) is 10.3. The number of fused-ring (bicyclic) bond motifs is 2. The monoisotopic (exact) mass is 254 g/mol. The van der Waals surface area contributed by atoms with E-state index in [1.54, 1.807) is 30.3 Å². The molecule has 0 fully saturated rings. The van der Waals surface area contributed by atoms with Crippen LogP contribution in [0.1, 0.15) is 0 Å². The second-order valence-electron chi connectivity index (χ2n) is 4.09. The highest BCUT2D eigenvalue weighted by atomic mass is 16.7. The molecule has 0 bridgehead atoms. The lowest BCUT2D eigenvalue weighted by Gasteiger charge is -2.06. The molecular weight excluding hydrogens is 246 g/mol. The molecule has 3 aromatic rings. The van der Waals surface area contributed by atoms with Gasteiger partial charge in [0.2, 0.25) is 0 Å². The van der Waals surface area contributed by atoms with Gasteiger partial charge in [0.1, 0.15) is 0 Å². The fourth-order valence-electron chi connectivity index (χ4n) is 2.06. The van der Waals surface area contributed by atoms with Crippen LogP contribution in [0.5, 0.6) is 11.5 Å². The molecule has 19 heavy (non-hydrogen) atoms. The van der Waals surface area contributed by atoms with Gasteiger partial charge in [-0.3, -0.25) is 0 Å². The van der Waals surface area contributed by atoms with Gasteiger partial charge < -0.3 is 13.9 Å². The third-order valence-corrected chi connectivity index (χ3v) is 2.91. The summed E-state index contributed by atoms with van der Waals surface area (Å²) < 4.78 is 17.5. The Labute approximate surface area is 107 Å². The van der Waals surface area contributed by atoms with Crippen LogP contribution in [-0.2, 0) is 0 Å². The summed E-state index contributed by atoms with van der Waals surface area (Å²) >= 11 is 0. The fourth-order valence-corrected chi connectivity index (χ4v) is 2.06. The van der Waals surface area contributed by atoms with Gasteiger partial charge >= 0.3 is 12.2 Å². The molecule has 4 rings (SSSR count). The molecule has 5 nitrogen and oxygen atoms in total. The Bertz CT molecular complexity index is 792. The van der Waals surface area contributed by atoms with Crippen molar-refractivity contribution in [1.29, 1.82) is 0 Å². The summed E-state index contributed by atoms with van der Waals surface area (Å²) in [6, 6.07) is 14.3. The maximum atomic E-state index is 11.9. The highest BCUT2D eigenvalue weighted by molar-refractivity contribution is 5.73. The molecule has 0 amide bonds. The molecule has 0 unspecified atom stereocenters. The van der Waals surface area contributed by atoms with Crippen LogP contribution in [0.2, 0.25) is 0 Å². The predicted molar refractivity (Wildman–Crippen MR) is 66.8 cm³/mol. The molecule has 1 aliphatic heterocycles. The number of rotatable bonds is 1. The van der Waals surface area contributed by atoms with Crippen molar-refractivity contribution in [3.05, 3.63) is 65.5 Å². The Kier molecular flexibility index (Phi) is 1.97. The second kappa shape index (κ2) is 3.65. The minimum Gasteiger partial charge on any atom is -0.423 e. The molecule has 2 aromatic carbocycles. The van der Waals surface area contributed by atoms with Gasteiger partial charge in [0.05, 0.1) is 5.52 Å². The molecule has 1 radical (unpaired) electrons. The molecule has 0 saturated heterocycles. The van der Waals surface area contributed by atoms with Crippen molar-refractivity contribution in [2.24, 2.45) is 0 Å². The minimum absolute atomic E-state index is 0.0937. The van der Waals surface area contributed by atoms with Crippen molar-refractivity contribution in [3.8, 4) is 11.5 Å². The summed E-state index contributed by atoms with van der Waals surface area (Å²) in [7, 11) is 0. The average Bonchev–Trinajstić information content (AvgIpc) is 2.97. The number of para-hydroxylation sites is 4. The van der Waals surface area contributed by atoms with Gasteiger partial charge in [0.25, 0.3) is 0 Å². The standard InChI is InChI=1S/C14H8NO4/c16-13-15(9-5-1-2-6-10(9)17-13)14-18-11-7-3-4-8-12(11)19-14/h1-8H. The number of aromatic nitrogens is 1. The lowest BCUT2D eigenvalue weighted by atomic mass is 10.3. The van der Waals surface area contributed by atoms with E-state index in [1.165, 1.54) is 4.57 Å². The van der Waals surface area contributed by atoms with Gasteiger partial charge in [-0.05, 0) is 24.3 Å². The summed E-state index contributed by atoms with van der Waals surface area (Å²) in [4.78, 5) is 11.9. The fraction of sp³-hybridized carbons (Fsp3) is 0. The average molecular weight is 254 g/mol. The zero-order valence-electron chi connectivity index (χ0n) is 9.70. The van der Waals surface area contributed by atoms with E-state index in [-0.39, 0.29) is 6.41 Å². The van der Waals surface area contributed by atoms with Crippen LogP contribution in [0.4, 0.5) is 0 Å². The van der Waals surface area contributed by atoms with Crippen LogP contribution in [0.25, 0.3) is 11.1 Å². The third-order valence-electron chi connectivity index (χ3n) is 2.91. The van der Waals surface area contributed by atoms with E-state index in [0.29, 0.717) is 22.6 Å². The van der Waals surface area contributed by atoms with Crippen LogP contribution in [0.3, 0.4) is 0 Å². The van der Waals surface area contributed by atoms with Gasteiger partial charge in [-0.1, -0.05) is 24.3 Å². The van der Waals surface area contributed by atoms with Gasteiger partial charge in [-0.15, -0.1) is 0 Å². The maximum absolute atomic E-state index is 11.9. The van der Waals surface area contributed by atoms with Crippen molar-refractivity contribution in [3.63, 3.8) is 0 Å². The minimum atomic E-state index is -0.538. The molecule has 0 N–H and O–H groups in total. The smallest absolute Gasteiger partial charge is 0.423 e. The van der Waals surface area contributed by atoms with Crippen molar-refractivity contribution in [2.75, 3.05) is 0 Å². The van der Waals surface area contributed by atoms with Crippen LogP contribution in [0.15, 0.2) is 57.7 Å². The predicted octanol–water partition coefficient (Wildman–Crippen LogP) is 2.36. The summed E-state index contributed by atoms with van der Waals surface area (Å²) in [6.45, 7) is 0. The Balaban J connectivity index is 1.85. The van der Waals surface area contributed by atoms with E-state index in [0.717, 1.165) is 0 Å². The van der Waals surface area contributed by atoms with E-state index in [2.05, 4.69) is 0 Å². The molecule has 0 saturated carbocycles. The van der Waals surface area contributed by atoms with Crippen molar-refractivity contribution >= 4 is 11.1 Å². The zero-order valence-corrected chi connectivity index (χ0v) is 9.70. The molecule has 1 aromatic heterocycles. The highest BCUT2D eigenvalue weighted by Crippen LogP contribution is 2.37. The normalized spacial score (nSPS) is 14.1. The van der Waals surface area contributed by atoms with Crippen molar-refractivity contribution in [2.45, 2.75) is 0 Å². The van der Waals surface area contributed by atoms with E-state index >= 15 is 0 Å². The Hall–Kier alpha value is -2.69. The first-order valence-corrected chi connectivity index (χ1v) is 5.75. The number of nitrogens with zero attached hydrogens (tertiary/aromatic N) is 1. The lowest BCUT2D eigenvalue weighted by Crippen LogP contribution is -2.26. The SMILES string of the molecule is O=c1oc2ccccc2n1[C]1Oc2ccccc2O1. The molecule has 1 aliphatic rings. The summed E-state index contributed by atoms with van der Waals surface area (Å²) in [5.74, 6) is 0.619. The number of ether oxygens (including phenoxy) is 2. The maximum Gasteiger partial charge on any atom is 0.454 e. The van der Waals surface area contributed by atoms with Crippen molar-refractivity contribution < 1.29 is 13.9 Å². The largest absolute Gasteiger partial charge is 0.454 e. The molecule has 5 heteroatoms. The molecule has 0 atom stereocenters. The zero-order chi connectivity index (χ0) is 12.8. The second-order valence-corrected chi connectivity index (χ2v) is 4.09. The van der Waals surface area contributed by atoms with Crippen LogP contribution in [-0.4, -0.2) is 4.57 Å². The highest BCUT2D eigenvalue weighted by Gasteiger charge is 2.32. The van der Waals surface area contributed by atoms with E-state index in [1.807, 2.05) is 18.2 Å². The third kappa shape index (κ3) is 1.45. The molecule has 0 aliphatic carbocycles. The Morgan fingerprint density at radius 2 is 1.47 bits per heavy atom. The van der Waals surface area contributed by atoms with Gasteiger partial charge in [-0.25, -0.2) is 4.79 Å². The van der Waals surface area contributed by atoms with E-state index in [4.69, 9.17) is 13.9 Å². The number of oxazole rings is 1. The summed E-state index contributed by atoms with van der Waals surface area (Å²) in [6.07, 6.45) is 0.0937. The Morgan fingerprint density at radius 3 is 2.21 bits per heavy atom. The number of benzene rings is 2. The van der Waals surface area contributed by atoms with Gasteiger partial charge in [0, 0.05) is 0 Å². The molecule has 2 heterocycles. The van der Waals surface area contributed by atoms with Crippen molar-refractivity contribution in [1.82, 2.24) is 4.57 Å². The van der Waals surface area contributed by atoms with Crippen LogP contribution >= 0.6 is 0 Å². The van der Waals surface area contributed by atoms with Crippen LogP contribution in [0, 0.1) is 6.41 Å². The first-order valence-electron chi connectivity index (χ1n) is 5.75. The summed E-state index contributed by atoms with van der Waals surface area (Å²) in [5, 5.41) is 0. The van der Waals surface area contributed by atoms with E-state index < -0.39 is 5.76 Å².